The van der Waals surface area contributed by atoms with Crippen molar-refractivity contribution < 1.29 is 4.42 Å². The summed E-state index contributed by atoms with van der Waals surface area (Å²) in [5, 5.41) is 14.7. The van der Waals surface area contributed by atoms with Gasteiger partial charge in [0.05, 0.1) is 5.69 Å². The van der Waals surface area contributed by atoms with Crippen LogP contribution in [0.5, 0.6) is 0 Å². The molecule has 1 heterocycles. The molecule has 8 aromatic carbocycles. The van der Waals surface area contributed by atoms with Crippen LogP contribution in [0.4, 0.5) is 11.4 Å². The third-order valence-electron chi connectivity index (χ3n) is 9.98. The second-order valence-electron chi connectivity index (χ2n) is 13.6. The summed E-state index contributed by atoms with van der Waals surface area (Å²) in [4.78, 5) is 10.3. The van der Waals surface area contributed by atoms with E-state index in [9.17, 15) is 0 Å². The summed E-state index contributed by atoms with van der Waals surface area (Å²) < 4.78 is 6.35. The van der Waals surface area contributed by atoms with Gasteiger partial charge in [-0.15, -0.1) is 12.6 Å². The molecule has 0 saturated carbocycles. The fourth-order valence-electron chi connectivity index (χ4n) is 7.13. The second kappa shape index (κ2) is 15.8. The van der Waals surface area contributed by atoms with Crippen LogP contribution < -0.4 is 5.32 Å². The SMILES string of the molecule is N=C(/N=C(\N=C\c1ccccc1)c1ccccc1)c1ccc2oc3cccc(-c4ccc(-c5cccc(Nc6ccccc6-c6ccccc6)c5S)cc4)c3c2c1. The van der Waals surface area contributed by atoms with Gasteiger partial charge in [-0.05, 0) is 69.8 Å². The Labute approximate surface area is 336 Å². The average molecular weight is 753 g/mol. The molecule has 0 aliphatic rings. The molecule has 0 aliphatic heterocycles. The van der Waals surface area contributed by atoms with Gasteiger partial charge in [0.1, 0.15) is 11.2 Å². The number of para-hydroxylation sites is 1. The Morgan fingerprint density at radius 3 is 1.89 bits per heavy atom. The molecule has 0 bridgehead atoms. The van der Waals surface area contributed by atoms with Gasteiger partial charge in [0.15, 0.2) is 11.7 Å². The minimum Gasteiger partial charge on any atom is -0.456 e. The number of thiol groups is 1. The van der Waals surface area contributed by atoms with Crippen molar-refractivity contribution in [2.75, 3.05) is 5.32 Å². The molecule has 57 heavy (non-hydrogen) atoms. The molecule has 0 unspecified atom stereocenters. The summed E-state index contributed by atoms with van der Waals surface area (Å²) in [5.41, 5.74) is 12.4. The highest BCUT2D eigenvalue weighted by atomic mass is 32.1. The van der Waals surface area contributed by atoms with Crippen molar-refractivity contribution in [3.05, 3.63) is 211 Å². The Hall–Kier alpha value is -7.28. The molecule has 272 valence electrons. The monoisotopic (exact) mass is 752 g/mol. The second-order valence-corrected chi connectivity index (χ2v) is 14.1. The van der Waals surface area contributed by atoms with Crippen molar-refractivity contribution in [2.24, 2.45) is 9.98 Å². The number of nitrogens with one attached hydrogen (secondary N) is 2. The Morgan fingerprint density at radius 2 is 1.12 bits per heavy atom. The topological polar surface area (TPSA) is 73.7 Å². The van der Waals surface area contributed by atoms with E-state index in [0.29, 0.717) is 11.4 Å². The summed E-state index contributed by atoms with van der Waals surface area (Å²) in [6.45, 7) is 0. The van der Waals surface area contributed by atoms with Crippen molar-refractivity contribution in [2.45, 2.75) is 4.90 Å². The molecule has 5 nitrogen and oxygen atoms in total. The smallest absolute Gasteiger partial charge is 0.161 e. The zero-order valence-electron chi connectivity index (χ0n) is 30.8. The summed E-state index contributed by atoms with van der Waals surface area (Å²) in [5.74, 6) is 0.574. The molecule has 0 spiro atoms. The van der Waals surface area contributed by atoms with Gasteiger partial charge in [-0.1, -0.05) is 158 Å². The van der Waals surface area contributed by atoms with E-state index < -0.39 is 0 Å². The van der Waals surface area contributed by atoms with Crippen LogP contribution in [0.2, 0.25) is 0 Å². The van der Waals surface area contributed by atoms with E-state index in [-0.39, 0.29) is 5.84 Å². The molecule has 0 radical (unpaired) electrons. The van der Waals surface area contributed by atoms with Crippen molar-refractivity contribution in [1.29, 1.82) is 5.41 Å². The molecular formula is C51H36N4OS. The van der Waals surface area contributed by atoms with Crippen LogP contribution in [-0.2, 0) is 0 Å². The zero-order chi connectivity index (χ0) is 38.6. The van der Waals surface area contributed by atoms with Crippen molar-refractivity contribution in [1.82, 2.24) is 0 Å². The lowest BCUT2D eigenvalue weighted by atomic mass is 9.96. The number of benzene rings is 8. The van der Waals surface area contributed by atoms with Crippen LogP contribution in [0.1, 0.15) is 16.7 Å². The maximum absolute atomic E-state index is 9.09. The van der Waals surface area contributed by atoms with E-state index in [0.717, 1.165) is 82.7 Å². The highest BCUT2D eigenvalue weighted by Gasteiger charge is 2.16. The third kappa shape index (κ3) is 7.42. The van der Waals surface area contributed by atoms with Gasteiger partial charge in [0.25, 0.3) is 0 Å². The first-order chi connectivity index (χ1) is 28.1. The van der Waals surface area contributed by atoms with E-state index in [4.69, 9.17) is 32.4 Å². The number of fused-ring (bicyclic) bond motifs is 3. The predicted octanol–water partition coefficient (Wildman–Crippen LogP) is 13.5. The molecule has 0 saturated heterocycles. The number of furan rings is 1. The lowest BCUT2D eigenvalue weighted by molar-refractivity contribution is 0.669. The molecule has 1 aromatic heterocycles. The van der Waals surface area contributed by atoms with Crippen LogP contribution in [0.3, 0.4) is 0 Å². The standard InChI is InChI=1S/C51H36N4OS/c52-50(55-51(38-18-8-3-9-19-38)53-33-34-14-4-1-5-15-34)39-30-31-46-43(32-39)48-41(21-13-25-47(48)56-46)36-26-28-37(29-27-36)42-22-12-24-45(49(42)57)54-44-23-11-10-20-40(44)35-16-6-2-7-17-35/h1-33,52,54,57H/b52-50?,53-33+,55-51-. The van der Waals surface area contributed by atoms with E-state index in [1.807, 2.05) is 103 Å². The van der Waals surface area contributed by atoms with Gasteiger partial charge in [-0.2, -0.15) is 0 Å². The molecule has 9 aromatic rings. The van der Waals surface area contributed by atoms with E-state index in [2.05, 4.69) is 96.3 Å². The third-order valence-corrected chi connectivity index (χ3v) is 10.5. The first-order valence-electron chi connectivity index (χ1n) is 18.7. The molecule has 0 aliphatic carbocycles. The molecule has 9 rings (SSSR count). The summed E-state index contributed by atoms with van der Waals surface area (Å²) in [7, 11) is 0. The Morgan fingerprint density at radius 1 is 0.526 bits per heavy atom. The lowest BCUT2D eigenvalue weighted by Gasteiger charge is -2.16. The Kier molecular flexibility index (Phi) is 9.84. The zero-order valence-corrected chi connectivity index (χ0v) is 31.7. The lowest BCUT2D eigenvalue weighted by Crippen LogP contribution is -2.04. The van der Waals surface area contributed by atoms with Gasteiger partial charge >= 0.3 is 0 Å². The van der Waals surface area contributed by atoms with Crippen molar-refractivity contribution in [3.63, 3.8) is 0 Å². The largest absolute Gasteiger partial charge is 0.456 e. The summed E-state index contributed by atoms with van der Waals surface area (Å²) >= 11 is 5.04. The van der Waals surface area contributed by atoms with E-state index in [1.165, 1.54) is 0 Å². The first kappa shape index (κ1) is 35.4. The maximum atomic E-state index is 9.09. The normalized spacial score (nSPS) is 11.7. The summed E-state index contributed by atoms with van der Waals surface area (Å²) in [6.07, 6.45) is 1.78. The quantitative estimate of drug-likeness (QED) is 0.0821. The van der Waals surface area contributed by atoms with Gasteiger partial charge in [-0.3, -0.25) is 5.41 Å². The fraction of sp³-hybridized carbons (Fsp3) is 0. The molecule has 0 atom stereocenters. The molecule has 0 amide bonds. The number of aliphatic imine (C=N–C) groups is 2. The van der Waals surface area contributed by atoms with Crippen LogP contribution >= 0.6 is 12.6 Å². The van der Waals surface area contributed by atoms with Gasteiger partial charge < -0.3 is 9.73 Å². The number of nitrogens with zero attached hydrogens (tertiary/aromatic N) is 2. The van der Waals surface area contributed by atoms with Crippen LogP contribution in [0.25, 0.3) is 55.3 Å². The Bertz CT molecular complexity index is 2940. The summed E-state index contributed by atoms with van der Waals surface area (Å²) in [6, 6.07) is 65.1. The number of amidine groups is 2. The molecule has 2 N–H and O–H groups in total. The first-order valence-corrected chi connectivity index (χ1v) is 19.2. The number of anilines is 2. The molecular weight excluding hydrogens is 717 g/mol. The van der Waals surface area contributed by atoms with Gasteiger partial charge in [0, 0.05) is 44.3 Å². The maximum Gasteiger partial charge on any atom is 0.161 e. The van der Waals surface area contributed by atoms with E-state index in [1.54, 1.807) is 6.21 Å². The van der Waals surface area contributed by atoms with Crippen LogP contribution in [0.15, 0.2) is 213 Å². The number of hydrogen-bond acceptors (Lipinski definition) is 4. The van der Waals surface area contributed by atoms with Gasteiger partial charge in [-0.25, -0.2) is 9.98 Å². The molecule has 0 fully saturated rings. The van der Waals surface area contributed by atoms with Crippen molar-refractivity contribution >= 4 is 63.8 Å². The number of hydrogen-bond donors (Lipinski definition) is 3. The van der Waals surface area contributed by atoms with Crippen LogP contribution in [-0.4, -0.2) is 17.9 Å². The number of rotatable bonds is 8. The molecule has 6 heteroatoms. The minimum atomic E-state index is 0.111. The van der Waals surface area contributed by atoms with Gasteiger partial charge in [0.2, 0.25) is 0 Å². The highest BCUT2D eigenvalue weighted by molar-refractivity contribution is 7.80. The predicted molar refractivity (Wildman–Crippen MR) is 241 cm³/mol. The Balaban J connectivity index is 1.03. The van der Waals surface area contributed by atoms with Crippen molar-refractivity contribution in [3.8, 4) is 33.4 Å². The highest BCUT2D eigenvalue weighted by Crippen LogP contribution is 2.40. The van der Waals surface area contributed by atoms with E-state index >= 15 is 0 Å². The fourth-order valence-corrected chi connectivity index (χ4v) is 7.46. The van der Waals surface area contributed by atoms with Crippen LogP contribution in [0, 0.1) is 5.41 Å². The minimum absolute atomic E-state index is 0.111. The average Bonchev–Trinajstić information content (AvgIpc) is 3.65.